The van der Waals surface area contributed by atoms with E-state index in [1.165, 1.54) is 10.9 Å². The van der Waals surface area contributed by atoms with Gasteiger partial charge >= 0.3 is 0 Å². The maximum absolute atomic E-state index is 2.67. The zero-order valence-electron chi connectivity index (χ0n) is 5.59. The Labute approximate surface area is 59.3 Å². The van der Waals surface area contributed by atoms with E-state index in [-0.39, 0.29) is 0 Å². The van der Waals surface area contributed by atoms with Crippen molar-refractivity contribution in [3.8, 4) is 0 Å². The highest BCUT2D eigenvalue weighted by Crippen LogP contribution is 1.97. The van der Waals surface area contributed by atoms with Gasteiger partial charge in [0, 0.05) is 0 Å². The lowest BCUT2D eigenvalue weighted by atomic mass is 9.97. The molecule has 0 saturated heterocycles. The van der Waals surface area contributed by atoms with E-state index < -0.39 is 0 Å². The van der Waals surface area contributed by atoms with Gasteiger partial charge in [-0.1, -0.05) is 36.1 Å². The van der Waals surface area contributed by atoms with Gasteiger partial charge in [-0.15, -0.1) is 9.24 Å². The van der Waals surface area contributed by atoms with Gasteiger partial charge in [0.1, 0.15) is 7.85 Å². The Balaban J connectivity index is 2.88. The van der Waals surface area contributed by atoms with Crippen LogP contribution in [0.2, 0.25) is 0 Å². The summed E-state index contributed by atoms with van der Waals surface area (Å²) in [6, 6.07) is 8.54. The fourth-order valence-corrected chi connectivity index (χ4v) is 0.946. The minimum atomic E-state index is 1.13. The van der Waals surface area contributed by atoms with E-state index in [1.54, 1.807) is 0 Å². The van der Waals surface area contributed by atoms with Crippen LogP contribution in [0.5, 0.6) is 0 Å². The highest BCUT2D eigenvalue weighted by molar-refractivity contribution is 7.27. The molecule has 0 aliphatic carbocycles. The van der Waals surface area contributed by atoms with Crippen LogP contribution in [0.4, 0.5) is 0 Å². The van der Waals surface area contributed by atoms with E-state index in [9.17, 15) is 0 Å². The monoisotopic (exact) mass is 136 g/mol. The smallest absolute Gasteiger partial charge is 0.106 e. The third-order valence-corrected chi connectivity index (χ3v) is 1.77. The Kier molecular flexibility index (Phi) is 2.30. The summed E-state index contributed by atoms with van der Waals surface area (Å²) in [5.74, 6) is 0. The predicted molar refractivity (Wildman–Crippen MR) is 48.0 cm³/mol. The molecular weight excluding hydrogens is 126 g/mol. The van der Waals surface area contributed by atoms with Crippen molar-refractivity contribution in [2.45, 2.75) is 6.32 Å². The van der Waals surface area contributed by atoms with Crippen molar-refractivity contribution in [1.29, 1.82) is 0 Å². The SMILES string of the molecule is BCc1ccc(P)cc1. The van der Waals surface area contributed by atoms with Gasteiger partial charge in [0.15, 0.2) is 0 Å². The molecular formula is C7H10BP. The number of benzene rings is 1. The molecule has 1 unspecified atom stereocenters. The quantitative estimate of drug-likeness (QED) is 0.385. The van der Waals surface area contributed by atoms with Crippen molar-refractivity contribution in [2.75, 3.05) is 0 Å². The average molecular weight is 136 g/mol. The molecule has 0 N–H and O–H groups in total. The van der Waals surface area contributed by atoms with Crippen LogP contribution < -0.4 is 5.30 Å². The van der Waals surface area contributed by atoms with Gasteiger partial charge in [-0.3, -0.25) is 0 Å². The summed E-state index contributed by atoms with van der Waals surface area (Å²) in [4.78, 5) is 0. The Bertz CT molecular complexity index is 181. The van der Waals surface area contributed by atoms with E-state index in [2.05, 4.69) is 41.4 Å². The second-order valence-electron chi connectivity index (χ2n) is 2.10. The molecule has 0 radical (unpaired) electrons. The summed E-state index contributed by atoms with van der Waals surface area (Å²) < 4.78 is 0. The van der Waals surface area contributed by atoms with Gasteiger partial charge in [-0.25, -0.2) is 0 Å². The van der Waals surface area contributed by atoms with E-state index in [0.717, 1.165) is 6.32 Å². The normalized spacial score (nSPS) is 9.44. The first-order valence-electron chi connectivity index (χ1n) is 3.17. The van der Waals surface area contributed by atoms with Gasteiger partial charge in [-0.2, -0.15) is 0 Å². The second-order valence-corrected chi connectivity index (χ2v) is 2.76. The molecule has 0 aromatic heterocycles. The lowest BCUT2D eigenvalue weighted by Gasteiger charge is -1.94. The summed E-state index contributed by atoms with van der Waals surface area (Å²) in [6.45, 7) is 0. The van der Waals surface area contributed by atoms with Gasteiger partial charge in [0.05, 0.1) is 0 Å². The molecule has 2 heteroatoms. The maximum atomic E-state index is 2.67. The van der Waals surface area contributed by atoms with Crippen LogP contribution in [0.3, 0.4) is 0 Å². The van der Waals surface area contributed by atoms with E-state index in [0.29, 0.717) is 0 Å². The summed E-state index contributed by atoms with van der Waals surface area (Å²) in [6.07, 6.45) is 1.13. The fourth-order valence-electron chi connectivity index (χ4n) is 0.753. The predicted octanol–water partition coefficient (Wildman–Crippen LogP) is 0.320. The third-order valence-electron chi connectivity index (χ3n) is 1.39. The number of hydrogen-bond acceptors (Lipinski definition) is 0. The highest BCUT2D eigenvalue weighted by atomic mass is 31.0. The first-order valence-corrected chi connectivity index (χ1v) is 3.75. The van der Waals surface area contributed by atoms with Gasteiger partial charge < -0.3 is 0 Å². The topological polar surface area (TPSA) is 0 Å². The summed E-state index contributed by atoms with van der Waals surface area (Å²) in [5.41, 5.74) is 1.40. The minimum absolute atomic E-state index is 1.13. The molecule has 1 atom stereocenters. The van der Waals surface area contributed by atoms with Crippen molar-refractivity contribution < 1.29 is 0 Å². The molecule has 0 bridgehead atoms. The Morgan fingerprint density at radius 1 is 1.22 bits per heavy atom. The van der Waals surface area contributed by atoms with Crippen LogP contribution in [0, 0.1) is 0 Å². The zero-order valence-corrected chi connectivity index (χ0v) is 6.75. The van der Waals surface area contributed by atoms with Crippen LogP contribution in [-0.2, 0) is 6.32 Å². The van der Waals surface area contributed by atoms with E-state index in [1.807, 2.05) is 0 Å². The van der Waals surface area contributed by atoms with Crippen LogP contribution in [-0.4, -0.2) is 7.85 Å². The first kappa shape index (κ1) is 6.83. The molecule has 9 heavy (non-hydrogen) atoms. The molecule has 0 nitrogen and oxygen atoms in total. The summed E-state index contributed by atoms with van der Waals surface area (Å²) in [5, 5.41) is 1.26. The van der Waals surface area contributed by atoms with Crippen LogP contribution in [0.15, 0.2) is 24.3 Å². The highest BCUT2D eigenvalue weighted by Gasteiger charge is 1.85. The third kappa shape index (κ3) is 1.84. The maximum Gasteiger partial charge on any atom is 0.107 e. The van der Waals surface area contributed by atoms with Crippen LogP contribution in [0.1, 0.15) is 5.56 Å². The Morgan fingerprint density at radius 2 is 1.78 bits per heavy atom. The van der Waals surface area contributed by atoms with Crippen molar-refractivity contribution >= 4 is 22.4 Å². The molecule has 0 heterocycles. The summed E-state index contributed by atoms with van der Waals surface area (Å²) in [7, 11) is 4.84. The number of rotatable bonds is 1. The zero-order chi connectivity index (χ0) is 6.69. The van der Waals surface area contributed by atoms with Crippen LogP contribution >= 0.6 is 9.24 Å². The Morgan fingerprint density at radius 3 is 2.22 bits per heavy atom. The van der Waals surface area contributed by atoms with Gasteiger partial charge in [0.25, 0.3) is 0 Å². The molecule has 1 aromatic rings. The van der Waals surface area contributed by atoms with E-state index >= 15 is 0 Å². The molecule has 46 valence electrons. The van der Waals surface area contributed by atoms with Crippen molar-refractivity contribution in [1.82, 2.24) is 0 Å². The van der Waals surface area contributed by atoms with Crippen molar-refractivity contribution in [3.63, 3.8) is 0 Å². The molecule has 0 spiro atoms. The first-order chi connectivity index (χ1) is 4.33. The lowest BCUT2D eigenvalue weighted by molar-refractivity contribution is 1.41. The van der Waals surface area contributed by atoms with Gasteiger partial charge in [-0.05, 0) is 5.30 Å². The molecule has 0 fully saturated rings. The molecule has 1 aromatic carbocycles. The second kappa shape index (κ2) is 3.03. The molecule has 0 saturated carbocycles. The molecule has 1 rings (SSSR count). The van der Waals surface area contributed by atoms with Crippen LogP contribution in [0.25, 0.3) is 0 Å². The summed E-state index contributed by atoms with van der Waals surface area (Å²) >= 11 is 0. The number of hydrogen-bond donors (Lipinski definition) is 0. The molecule has 0 amide bonds. The largest absolute Gasteiger partial charge is 0.107 e. The lowest BCUT2D eigenvalue weighted by Crippen LogP contribution is -1.90. The standard InChI is InChI=1S/C7H10BP/c8-5-6-1-3-7(9)4-2-6/h1-4H,5,8-9H2. The Hall–Kier alpha value is -0.285. The van der Waals surface area contributed by atoms with Gasteiger partial charge in [0.2, 0.25) is 0 Å². The van der Waals surface area contributed by atoms with Crippen molar-refractivity contribution in [2.24, 2.45) is 0 Å². The molecule has 0 aliphatic heterocycles. The van der Waals surface area contributed by atoms with Crippen molar-refractivity contribution in [3.05, 3.63) is 29.8 Å². The molecule has 0 aliphatic rings. The fraction of sp³-hybridized carbons (Fsp3) is 0.143. The average Bonchev–Trinajstić information content (AvgIpc) is 1.90. The van der Waals surface area contributed by atoms with E-state index in [4.69, 9.17) is 0 Å². The minimum Gasteiger partial charge on any atom is -0.106 e.